The lowest BCUT2D eigenvalue weighted by molar-refractivity contribution is 0.264. The fourth-order valence-electron chi connectivity index (χ4n) is 2.85. The van der Waals surface area contributed by atoms with Crippen molar-refractivity contribution >= 4 is 10.2 Å². The predicted molar refractivity (Wildman–Crippen MR) is 88.4 cm³/mol. The van der Waals surface area contributed by atoms with Gasteiger partial charge in [0.15, 0.2) is 0 Å². The summed E-state index contributed by atoms with van der Waals surface area (Å²) in [6.07, 6.45) is 3.88. The van der Waals surface area contributed by atoms with Crippen molar-refractivity contribution in [1.29, 1.82) is 0 Å². The van der Waals surface area contributed by atoms with Crippen molar-refractivity contribution in [3.05, 3.63) is 0 Å². The molecule has 1 saturated heterocycles. The fraction of sp³-hybridized carbons (Fsp3) is 1.00. The molecule has 0 bridgehead atoms. The number of nitrogens with zero attached hydrogens (tertiary/aromatic N) is 1. The topological polar surface area (TPSA) is 61.4 Å². The van der Waals surface area contributed by atoms with Gasteiger partial charge in [0, 0.05) is 19.1 Å². The molecule has 0 radical (unpaired) electrons. The normalized spacial score (nSPS) is 21.3. The molecular weight excluding hydrogens is 286 g/mol. The van der Waals surface area contributed by atoms with E-state index < -0.39 is 10.2 Å². The molecule has 2 unspecified atom stereocenters. The van der Waals surface area contributed by atoms with Crippen LogP contribution in [0.3, 0.4) is 0 Å². The van der Waals surface area contributed by atoms with Gasteiger partial charge in [-0.15, -0.1) is 0 Å². The minimum absolute atomic E-state index is 0.00410. The molecule has 0 amide bonds. The third kappa shape index (κ3) is 6.63. The van der Waals surface area contributed by atoms with Crippen LogP contribution in [0.1, 0.15) is 53.4 Å². The minimum Gasteiger partial charge on any atom is -0.317 e. The molecular formula is C15H33N3O2S. The number of hydrogen-bond donors (Lipinski definition) is 2. The van der Waals surface area contributed by atoms with E-state index in [-0.39, 0.29) is 6.04 Å². The van der Waals surface area contributed by atoms with Crippen LogP contribution >= 0.6 is 0 Å². The van der Waals surface area contributed by atoms with Crippen LogP contribution in [0, 0.1) is 11.8 Å². The van der Waals surface area contributed by atoms with Crippen molar-refractivity contribution in [2.75, 3.05) is 26.2 Å². The zero-order valence-corrected chi connectivity index (χ0v) is 14.9. The van der Waals surface area contributed by atoms with Crippen molar-refractivity contribution in [2.24, 2.45) is 11.8 Å². The molecule has 0 aromatic carbocycles. The monoisotopic (exact) mass is 319 g/mol. The third-order valence-electron chi connectivity index (χ3n) is 4.40. The Balaban J connectivity index is 2.42. The molecule has 1 rings (SSSR count). The maximum Gasteiger partial charge on any atom is 0.279 e. The maximum absolute atomic E-state index is 12.4. The summed E-state index contributed by atoms with van der Waals surface area (Å²) >= 11 is 0. The van der Waals surface area contributed by atoms with E-state index >= 15 is 0 Å². The molecule has 5 nitrogen and oxygen atoms in total. The lowest BCUT2D eigenvalue weighted by Gasteiger charge is -2.32. The molecule has 0 aliphatic carbocycles. The van der Waals surface area contributed by atoms with Gasteiger partial charge in [-0.25, -0.2) is 0 Å². The molecule has 6 heteroatoms. The average Bonchev–Trinajstić information content (AvgIpc) is 2.44. The van der Waals surface area contributed by atoms with Gasteiger partial charge in [-0.1, -0.05) is 27.2 Å². The molecule has 21 heavy (non-hydrogen) atoms. The molecule has 0 saturated carbocycles. The van der Waals surface area contributed by atoms with Crippen LogP contribution < -0.4 is 10.0 Å². The summed E-state index contributed by atoms with van der Waals surface area (Å²) in [6, 6.07) is 0.00410. The van der Waals surface area contributed by atoms with Gasteiger partial charge in [-0.2, -0.15) is 17.4 Å². The van der Waals surface area contributed by atoms with E-state index in [0.717, 1.165) is 38.8 Å². The van der Waals surface area contributed by atoms with E-state index in [4.69, 9.17) is 0 Å². The molecule has 1 aliphatic heterocycles. The van der Waals surface area contributed by atoms with Crippen molar-refractivity contribution in [3.63, 3.8) is 0 Å². The van der Waals surface area contributed by atoms with E-state index in [1.54, 1.807) is 4.31 Å². The Morgan fingerprint density at radius 3 is 2.33 bits per heavy atom. The summed E-state index contributed by atoms with van der Waals surface area (Å²) < 4.78 is 29.2. The van der Waals surface area contributed by atoms with E-state index in [0.29, 0.717) is 24.9 Å². The molecule has 1 aliphatic rings. The van der Waals surface area contributed by atoms with Crippen molar-refractivity contribution in [2.45, 2.75) is 59.4 Å². The average molecular weight is 320 g/mol. The highest BCUT2D eigenvalue weighted by Gasteiger charge is 2.28. The van der Waals surface area contributed by atoms with Gasteiger partial charge in [-0.05, 0) is 51.1 Å². The van der Waals surface area contributed by atoms with Crippen LogP contribution in [0.15, 0.2) is 0 Å². The summed E-state index contributed by atoms with van der Waals surface area (Å²) in [6.45, 7) is 11.6. The van der Waals surface area contributed by atoms with Gasteiger partial charge >= 0.3 is 0 Å². The highest BCUT2D eigenvalue weighted by Crippen LogP contribution is 2.19. The van der Waals surface area contributed by atoms with Crippen molar-refractivity contribution in [1.82, 2.24) is 14.3 Å². The second kappa shape index (κ2) is 9.08. The Hall–Kier alpha value is -0.170. The lowest BCUT2D eigenvalue weighted by atomic mass is 9.98. The van der Waals surface area contributed by atoms with Gasteiger partial charge < -0.3 is 5.32 Å². The van der Waals surface area contributed by atoms with Crippen LogP contribution in [0.25, 0.3) is 0 Å². The van der Waals surface area contributed by atoms with Gasteiger partial charge in [0.05, 0.1) is 0 Å². The van der Waals surface area contributed by atoms with Crippen LogP contribution in [-0.4, -0.2) is 44.9 Å². The quantitative estimate of drug-likeness (QED) is 0.683. The molecule has 0 aromatic heterocycles. The first-order chi connectivity index (χ1) is 9.89. The first-order valence-corrected chi connectivity index (χ1v) is 9.81. The first-order valence-electron chi connectivity index (χ1n) is 8.37. The summed E-state index contributed by atoms with van der Waals surface area (Å²) in [7, 11) is -3.32. The Kier molecular flexibility index (Phi) is 8.16. The van der Waals surface area contributed by atoms with Crippen LogP contribution in [0.5, 0.6) is 0 Å². The molecule has 2 N–H and O–H groups in total. The third-order valence-corrected chi connectivity index (χ3v) is 6.14. The Bertz CT molecular complexity index is 378. The smallest absolute Gasteiger partial charge is 0.279 e. The van der Waals surface area contributed by atoms with E-state index in [1.807, 2.05) is 6.92 Å². The highest BCUT2D eigenvalue weighted by molar-refractivity contribution is 7.87. The van der Waals surface area contributed by atoms with Gasteiger partial charge in [-0.3, -0.25) is 0 Å². The van der Waals surface area contributed by atoms with Crippen LogP contribution in [0.2, 0.25) is 0 Å². The number of nitrogens with one attached hydrogen (secondary N) is 2. The Morgan fingerprint density at radius 1 is 1.19 bits per heavy atom. The Morgan fingerprint density at radius 2 is 1.81 bits per heavy atom. The molecule has 1 fully saturated rings. The van der Waals surface area contributed by atoms with Crippen LogP contribution in [-0.2, 0) is 10.2 Å². The summed E-state index contributed by atoms with van der Waals surface area (Å²) in [4.78, 5) is 0. The number of piperidine rings is 1. The SMILES string of the molecule is CCNCC1CCN(S(=O)(=O)NC(C)CC(C)CC)CC1. The summed E-state index contributed by atoms with van der Waals surface area (Å²) in [5, 5.41) is 3.35. The lowest BCUT2D eigenvalue weighted by Crippen LogP contribution is -2.48. The molecule has 126 valence electrons. The highest BCUT2D eigenvalue weighted by atomic mass is 32.2. The molecule has 2 atom stereocenters. The summed E-state index contributed by atoms with van der Waals surface area (Å²) in [5.74, 6) is 1.16. The fourth-order valence-corrected chi connectivity index (χ4v) is 4.29. The minimum atomic E-state index is -3.32. The van der Waals surface area contributed by atoms with E-state index in [2.05, 4.69) is 30.8 Å². The second-order valence-electron chi connectivity index (χ2n) is 6.42. The van der Waals surface area contributed by atoms with E-state index in [1.165, 1.54) is 0 Å². The second-order valence-corrected chi connectivity index (χ2v) is 8.13. The molecule has 1 heterocycles. The van der Waals surface area contributed by atoms with Gasteiger partial charge in [0.2, 0.25) is 0 Å². The zero-order valence-electron chi connectivity index (χ0n) is 14.1. The standard InChI is InChI=1S/C15H33N3O2S/c1-5-13(3)11-14(4)17-21(19,20)18-9-7-15(8-10-18)12-16-6-2/h13-17H,5-12H2,1-4H3. The molecule has 0 aromatic rings. The largest absolute Gasteiger partial charge is 0.317 e. The maximum atomic E-state index is 12.4. The number of rotatable bonds is 9. The van der Waals surface area contributed by atoms with Gasteiger partial charge in [0.1, 0.15) is 0 Å². The summed E-state index contributed by atoms with van der Waals surface area (Å²) in [5.41, 5.74) is 0. The van der Waals surface area contributed by atoms with Crippen molar-refractivity contribution < 1.29 is 8.42 Å². The predicted octanol–water partition coefficient (Wildman–Crippen LogP) is 1.97. The van der Waals surface area contributed by atoms with E-state index in [9.17, 15) is 8.42 Å². The first kappa shape index (κ1) is 18.9. The zero-order chi connectivity index (χ0) is 15.9. The van der Waals surface area contributed by atoms with Crippen LogP contribution in [0.4, 0.5) is 0 Å². The Labute approximate surface area is 131 Å². The molecule has 0 spiro atoms. The van der Waals surface area contributed by atoms with Gasteiger partial charge in [0.25, 0.3) is 10.2 Å². The number of hydrogen-bond acceptors (Lipinski definition) is 3. The van der Waals surface area contributed by atoms with Crippen molar-refractivity contribution in [3.8, 4) is 0 Å².